The lowest BCUT2D eigenvalue weighted by molar-refractivity contribution is 0.445. The van der Waals surface area contributed by atoms with Gasteiger partial charge in [-0.2, -0.15) is 0 Å². The number of rotatable bonds is 5. The summed E-state index contributed by atoms with van der Waals surface area (Å²) in [6.45, 7) is 13.5. The van der Waals surface area contributed by atoms with Gasteiger partial charge in [0.05, 0.1) is 0 Å². The number of nitrogens with zero attached hydrogens (tertiary/aromatic N) is 1. The summed E-state index contributed by atoms with van der Waals surface area (Å²) < 4.78 is 0. The first-order valence-corrected chi connectivity index (χ1v) is 6.44. The van der Waals surface area contributed by atoms with Gasteiger partial charge >= 0.3 is 0 Å². The van der Waals surface area contributed by atoms with E-state index < -0.39 is 0 Å². The molecule has 16 heavy (non-hydrogen) atoms. The van der Waals surface area contributed by atoms with Crippen LogP contribution in [0.1, 0.15) is 71.8 Å². The van der Waals surface area contributed by atoms with Crippen LogP contribution in [-0.4, -0.2) is 9.97 Å². The van der Waals surface area contributed by atoms with E-state index in [1.807, 2.05) is 6.20 Å². The maximum absolute atomic E-state index is 4.55. The largest absolute Gasteiger partial charge is 0.345 e. The van der Waals surface area contributed by atoms with Crippen LogP contribution in [0.2, 0.25) is 0 Å². The van der Waals surface area contributed by atoms with Crippen molar-refractivity contribution in [2.45, 2.75) is 65.7 Å². The van der Waals surface area contributed by atoms with Crippen LogP contribution in [0.4, 0.5) is 0 Å². The van der Waals surface area contributed by atoms with Gasteiger partial charge in [0.2, 0.25) is 0 Å². The molecule has 1 rings (SSSR count). The Bertz CT molecular complexity index is 323. The second-order valence-electron chi connectivity index (χ2n) is 5.85. The molecular formula is C14H26N2. The van der Waals surface area contributed by atoms with Crippen molar-refractivity contribution in [3.63, 3.8) is 0 Å². The molecule has 0 amide bonds. The fourth-order valence-corrected chi connectivity index (χ4v) is 2.01. The fraction of sp³-hybridized carbons (Fsp3) is 0.786. The minimum atomic E-state index is 0.170. The van der Waals surface area contributed by atoms with Gasteiger partial charge in [0.25, 0.3) is 0 Å². The second-order valence-corrected chi connectivity index (χ2v) is 5.85. The molecule has 1 aromatic rings. The van der Waals surface area contributed by atoms with Crippen molar-refractivity contribution in [1.29, 1.82) is 0 Å². The normalized spacial score (nSPS) is 14.4. The molecule has 0 aliphatic carbocycles. The van der Waals surface area contributed by atoms with Gasteiger partial charge in [0, 0.05) is 23.2 Å². The Balaban J connectivity index is 2.86. The van der Waals surface area contributed by atoms with Crippen LogP contribution in [0.25, 0.3) is 0 Å². The molecule has 0 bridgehead atoms. The van der Waals surface area contributed by atoms with Crippen LogP contribution < -0.4 is 0 Å². The third-order valence-electron chi connectivity index (χ3n) is 3.60. The van der Waals surface area contributed by atoms with Crippen molar-refractivity contribution in [3.8, 4) is 0 Å². The maximum Gasteiger partial charge on any atom is 0.111 e. The van der Waals surface area contributed by atoms with Crippen LogP contribution in [0.15, 0.2) is 6.20 Å². The molecule has 0 saturated heterocycles. The van der Waals surface area contributed by atoms with Gasteiger partial charge in [-0.3, -0.25) is 0 Å². The standard InChI is InChI=1S/C14H26N2/c1-7-8-14(5,6)13-15-9-12(16-13)11(4)10(2)3/h9-11H,7-8H2,1-6H3,(H,15,16). The average Bonchev–Trinajstić information content (AvgIpc) is 2.65. The zero-order valence-corrected chi connectivity index (χ0v) is 11.6. The van der Waals surface area contributed by atoms with Gasteiger partial charge < -0.3 is 4.98 Å². The van der Waals surface area contributed by atoms with Gasteiger partial charge in [-0.15, -0.1) is 0 Å². The van der Waals surface area contributed by atoms with Gasteiger partial charge in [0.15, 0.2) is 0 Å². The zero-order chi connectivity index (χ0) is 12.3. The molecule has 0 radical (unpaired) electrons. The van der Waals surface area contributed by atoms with Crippen LogP contribution in [0, 0.1) is 5.92 Å². The smallest absolute Gasteiger partial charge is 0.111 e. The summed E-state index contributed by atoms with van der Waals surface area (Å²) in [5, 5.41) is 0. The van der Waals surface area contributed by atoms with Crippen LogP contribution >= 0.6 is 0 Å². The summed E-state index contributed by atoms with van der Waals surface area (Å²) in [4.78, 5) is 8.06. The zero-order valence-electron chi connectivity index (χ0n) is 11.6. The molecule has 0 aromatic carbocycles. The summed E-state index contributed by atoms with van der Waals surface area (Å²) in [6.07, 6.45) is 4.39. The number of aromatic amines is 1. The first kappa shape index (κ1) is 13.3. The predicted octanol–water partition coefficient (Wildman–Crippen LogP) is 4.25. The molecule has 0 aliphatic rings. The van der Waals surface area contributed by atoms with Gasteiger partial charge in [-0.25, -0.2) is 4.98 Å². The first-order chi connectivity index (χ1) is 7.38. The number of hydrogen-bond acceptors (Lipinski definition) is 1. The first-order valence-electron chi connectivity index (χ1n) is 6.44. The van der Waals surface area contributed by atoms with Crippen LogP contribution in [-0.2, 0) is 5.41 Å². The van der Waals surface area contributed by atoms with Crippen LogP contribution in [0.3, 0.4) is 0 Å². The number of aromatic nitrogens is 2. The lowest BCUT2D eigenvalue weighted by Crippen LogP contribution is -2.18. The molecule has 1 unspecified atom stereocenters. The lowest BCUT2D eigenvalue weighted by atomic mass is 9.87. The molecule has 1 N–H and O–H groups in total. The molecular weight excluding hydrogens is 196 g/mol. The molecule has 0 fully saturated rings. The Labute approximate surface area is 99.9 Å². The fourth-order valence-electron chi connectivity index (χ4n) is 2.01. The van der Waals surface area contributed by atoms with Crippen molar-refractivity contribution in [2.24, 2.45) is 5.92 Å². The number of imidazole rings is 1. The molecule has 2 nitrogen and oxygen atoms in total. The van der Waals surface area contributed by atoms with E-state index in [4.69, 9.17) is 0 Å². The topological polar surface area (TPSA) is 28.7 Å². The van der Waals surface area contributed by atoms with E-state index in [0.29, 0.717) is 11.8 Å². The Hall–Kier alpha value is -0.790. The van der Waals surface area contributed by atoms with E-state index in [9.17, 15) is 0 Å². The third kappa shape index (κ3) is 2.87. The molecule has 1 heterocycles. The van der Waals surface area contributed by atoms with Crippen molar-refractivity contribution >= 4 is 0 Å². The van der Waals surface area contributed by atoms with Gasteiger partial charge in [0.1, 0.15) is 5.82 Å². The molecule has 2 heteroatoms. The SMILES string of the molecule is CCCC(C)(C)c1ncc(C(C)C(C)C)[nH]1. The van der Waals surface area contributed by atoms with Gasteiger partial charge in [-0.1, -0.05) is 48.0 Å². The maximum atomic E-state index is 4.55. The molecule has 0 aliphatic heterocycles. The highest BCUT2D eigenvalue weighted by molar-refractivity contribution is 5.13. The highest BCUT2D eigenvalue weighted by atomic mass is 14.9. The Morgan fingerprint density at radius 2 is 1.94 bits per heavy atom. The predicted molar refractivity (Wildman–Crippen MR) is 69.8 cm³/mol. The van der Waals surface area contributed by atoms with Crippen LogP contribution in [0.5, 0.6) is 0 Å². The van der Waals surface area contributed by atoms with Crippen molar-refractivity contribution in [2.75, 3.05) is 0 Å². The monoisotopic (exact) mass is 222 g/mol. The highest BCUT2D eigenvalue weighted by Gasteiger charge is 2.24. The highest BCUT2D eigenvalue weighted by Crippen LogP contribution is 2.28. The van der Waals surface area contributed by atoms with Crippen molar-refractivity contribution in [3.05, 3.63) is 17.7 Å². The van der Waals surface area contributed by atoms with E-state index in [2.05, 4.69) is 51.5 Å². The number of hydrogen-bond donors (Lipinski definition) is 1. The quantitative estimate of drug-likeness (QED) is 0.792. The van der Waals surface area contributed by atoms with E-state index >= 15 is 0 Å². The summed E-state index contributed by atoms with van der Waals surface area (Å²) in [5.41, 5.74) is 1.44. The van der Waals surface area contributed by atoms with E-state index in [1.165, 1.54) is 18.5 Å². The molecule has 92 valence electrons. The Morgan fingerprint density at radius 1 is 1.31 bits per heavy atom. The van der Waals surface area contributed by atoms with Crippen molar-refractivity contribution in [1.82, 2.24) is 9.97 Å². The molecule has 0 saturated carbocycles. The Morgan fingerprint density at radius 3 is 2.44 bits per heavy atom. The minimum Gasteiger partial charge on any atom is -0.345 e. The van der Waals surface area contributed by atoms with E-state index in [1.54, 1.807) is 0 Å². The molecule has 1 aromatic heterocycles. The average molecular weight is 222 g/mol. The third-order valence-corrected chi connectivity index (χ3v) is 3.60. The number of nitrogens with one attached hydrogen (secondary N) is 1. The number of H-pyrrole nitrogens is 1. The van der Waals surface area contributed by atoms with E-state index in [-0.39, 0.29) is 5.41 Å². The summed E-state index contributed by atoms with van der Waals surface area (Å²) >= 11 is 0. The summed E-state index contributed by atoms with van der Waals surface area (Å²) in [7, 11) is 0. The molecule has 0 spiro atoms. The van der Waals surface area contributed by atoms with E-state index in [0.717, 1.165) is 5.82 Å². The Kier molecular flexibility index (Phi) is 4.17. The summed E-state index contributed by atoms with van der Waals surface area (Å²) in [5.74, 6) is 2.35. The lowest BCUT2D eigenvalue weighted by Gasteiger charge is -2.21. The molecule has 1 atom stereocenters. The van der Waals surface area contributed by atoms with Crippen molar-refractivity contribution < 1.29 is 0 Å². The van der Waals surface area contributed by atoms with Gasteiger partial charge in [-0.05, 0) is 12.3 Å². The second kappa shape index (κ2) is 5.03. The summed E-state index contributed by atoms with van der Waals surface area (Å²) in [6, 6.07) is 0. The minimum absolute atomic E-state index is 0.170.